The summed E-state index contributed by atoms with van der Waals surface area (Å²) in [7, 11) is 1.80. The van der Waals surface area contributed by atoms with Gasteiger partial charge in [-0.15, -0.1) is 0 Å². The number of hydrogen-bond acceptors (Lipinski definition) is 3. The van der Waals surface area contributed by atoms with Crippen LogP contribution in [0.5, 0.6) is 0 Å². The fourth-order valence-corrected chi connectivity index (χ4v) is 2.48. The van der Waals surface area contributed by atoms with Crippen molar-refractivity contribution in [3.63, 3.8) is 0 Å². The standard InChI is InChI=1S/C18H26N4O2/c1-5-15-11-16(21(4)20-15)19-17(23)22(13-18(2,3)24)12-14-9-7-6-8-10-14/h6-11,24H,5,12-13H2,1-4H3,(H,19,23). The third-order valence-electron chi connectivity index (χ3n) is 3.61. The van der Waals surface area contributed by atoms with E-state index >= 15 is 0 Å². The van der Waals surface area contributed by atoms with Crippen molar-refractivity contribution in [1.29, 1.82) is 0 Å². The molecule has 0 spiro atoms. The lowest BCUT2D eigenvalue weighted by Gasteiger charge is -2.29. The molecule has 0 atom stereocenters. The van der Waals surface area contributed by atoms with Crippen LogP contribution in [0.4, 0.5) is 10.6 Å². The van der Waals surface area contributed by atoms with Crippen molar-refractivity contribution in [3.8, 4) is 0 Å². The van der Waals surface area contributed by atoms with Crippen molar-refractivity contribution in [2.75, 3.05) is 11.9 Å². The molecule has 0 aliphatic carbocycles. The summed E-state index contributed by atoms with van der Waals surface area (Å²) in [6.45, 7) is 6.06. The molecule has 2 rings (SSSR count). The number of carbonyl (C=O) groups is 1. The van der Waals surface area contributed by atoms with Crippen molar-refractivity contribution >= 4 is 11.8 Å². The molecule has 1 heterocycles. The van der Waals surface area contributed by atoms with Crippen LogP contribution in [0.2, 0.25) is 0 Å². The SMILES string of the molecule is CCc1cc(NC(=O)N(Cc2ccccc2)CC(C)(C)O)n(C)n1. The van der Waals surface area contributed by atoms with Gasteiger partial charge >= 0.3 is 6.03 Å². The van der Waals surface area contributed by atoms with E-state index < -0.39 is 5.60 Å². The first-order chi connectivity index (χ1) is 11.3. The van der Waals surface area contributed by atoms with Gasteiger partial charge in [-0.05, 0) is 25.8 Å². The molecular weight excluding hydrogens is 304 g/mol. The molecule has 0 bridgehead atoms. The second-order valence-electron chi connectivity index (χ2n) is 6.58. The number of nitrogens with zero attached hydrogens (tertiary/aromatic N) is 3. The average molecular weight is 330 g/mol. The highest BCUT2D eigenvalue weighted by molar-refractivity contribution is 5.88. The van der Waals surface area contributed by atoms with E-state index in [0.29, 0.717) is 12.4 Å². The van der Waals surface area contributed by atoms with Gasteiger partial charge in [-0.2, -0.15) is 5.10 Å². The Morgan fingerprint density at radius 3 is 2.54 bits per heavy atom. The van der Waals surface area contributed by atoms with Crippen LogP contribution in [0.15, 0.2) is 36.4 Å². The normalized spacial score (nSPS) is 11.4. The third-order valence-corrected chi connectivity index (χ3v) is 3.61. The summed E-state index contributed by atoms with van der Waals surface area (Å²) >= 11 is 0. The van der Waals surface area contributed by atoms with Gasteiger partial charge < -0.3 is 10.0 Å². The van der Waals surface area contributed by atoms with E-state index in [2.05, 4.69) is 10.4 Å². The molecule has 24 heavy (non-hydrogen) atoms. The van der Waals surface area contributed by atoms with E-state index in [9.17, 15) is 9.90 Å². The van der Waals surface area contributed by atoms with Crippen molar-refractivity contribution in [2.24, 2.45) is 7.05 Å². The zero-order chi connectivity index (χ0) is 17.7. The molecule has 0 fully saturated rings. The Labute approximate surface area is 143 Å². The molecule has 0 saturated carbocycles. The van der Waals surface area contributed by atoms with Crippen LogP contribution in [-0.2, 0) is 20.0 Å². The van der Waals surface area contributed by atoms with E-state index in [-0.39, 0.29) is 12.6 Å². The highest BCUT2D eigenvalue weighted by atomic mass is 16.3. The topological polar surface area (TPSA) is 70.4 Å². The predicted octanol–water partition coefficient (Wildman–Crippen LogP) is 2.79. The second-order valence-corrected chi connectivity index (χ2v) is 6.58. The molecule has 0 unspecified atom stereocenters. The minimum absolute atomic E-state index is 0.228. The summed E-state index contributed by atoms with van der Waals surface area (Å²) in [5, 5.41) is 17.4. The Bertz CT molecular complexity index is 674. The molecule has 0 aliphatic rings. The lowest BCUT2D eigenvalue weighted by Crippen LogP contribution is -2.44. The maximum atomic E-state index is 12.7. The number of benzene rings is 1. The number of amides is 2. The summed E-state index contributed by atoms with van der Waals surface area (Å²) in [6.07, 6.45) is 0.807. The molecule has 130 valence electrons. The number of aromatic nitrogens is 2. The summed E-state index contributed by atoms with van der Waals surface area (Å²) in [4.78, 5) is 14.3. The minimum Gasteiger partial charge on any atom is -0.389 e. The maximum absolute atomic E-state index is 12.7. The van der Waals surface area contributed by atoms with Gasteiger partial charge in [-0.1, -0.05) is 37.3 Å². The van der Waals surface area contributed by atoms with Crippen LogP contribution in [0, 0.1) is 0 Å². The van der Waals surface area contributed by atoms with Crippen LogP contribution < -0.4 is 5.32 Å². The van der Waals surface area contributed by atoms with Gasteiger partial charge in [0, 0.05) is 19.7 Å². The first-order valence-electron chi connectivity index (χ1n) is 8.13. The number of anilines is 1. The zero-order valence-electron chi connectivity index (χ0n) is 14.8. The number of nitrogens with one attached hydrogen (secondary N) is 1. The molecule has 1 aromatic carbocycles. The van der Waals surface area contributed by atoms with Gasteiger partial charge in [0.25, 0.3) is 0 Å². The molecule has 0 aliphatic heterocycles. The molecule has 1 aromatic heterocycles. The molecule has 0 radical (unpaired) electrons. The van der Waals surface area contributed by atoms with Crippen molar-refractivity contribution in [3.05, 3.63) is 47.7 Å². The number of urea groups is 1. The first-order valence-corrected chi connectivity index (χ1v) is 8.13. The fraction of sp³-hybridized carbons (Fsp3) is 0.444. The number of aliphatic hydroxyl groups is 1. The molecule has 2 aromatic rings. The number of rotatable bonds is 6. The number of aryl methyl sites for hydroxylation is 2. The zero-order valence-corrected chi connectivity index (χ0v) is 14.8. The van der Waals surface area contributed by atoms with Crippen LogP contribution in [0.1, 0.15) is 32.0 Å². The Kier molecular flexibility index (Phi) is 5.62. The Morgan fingerprint density at radius 1 is 1.33 bits per heavy atom. The van der Waals surface area contributed by atoms with E-state index in [1.807, 2.05) is 43.3 Å². The van der Waals surface area contributed by atoms with Crippen molar-refractivity contribution in [2.45, 2.75) is 39.3 Å². The lowest BCUT2D eigenvalue weighted by atomic mass is 10.1. The minimum atomic E-state index is -0.979. The quantitative estimate of drug-likeness (QED) is 0.855. The summed E-state index contributed by atoms with van der Waals surface area (Å²) in [6, 6.07) is 11.3. The van der Waals surface area contributed by atoms with Crippen LogP contribution in [-0.4, -0.2) is 38.0 Å². The molecule has 6 heteroatoms. The van der Waals surface area contributed by atoms with Gasteiger partial charge in [-0.3, -0.25) is 10.00 Å². The van der Waals surface area contributed by atoms with Crippen molar-refractivity contribution in [1.82, 2.24) is 14.7 Å². The Balaban J connectivity index is 2.15. The van der Waals surface area contributed by atoms with Gasteiger partial charge in [0.15, 0.2) is 0 Å². The monoisotopic (exact) mass is 330 g/mol. The van der Waals surface area contributed by atoms with E-state index in [1.165, 1.54) is 0 Å². The Morgan fingerprint density at radius 2 is 2.00 bits per heavy atom. The third kappa shape index (κ3) is 5.09. The highest BCUT2D eigenvalue weighted by Gasteiger charge is 2.23. The highest BCUT2D eigenvalue weighted by Crippen LogP contribution is 2.14. The summed E-state index contributed by atoms with van der Waals surface area (Å²) in [5.74, 6) is 0.644. The number of hydrogen-bond donors (Lipinski definition) is 2. The molecule has 0 saturated heterocycles. The van der Waals surface area contributed by atoms with Gasteiger partial charge in [0.2, 0.25) is 0 Å². The van der Waals surface area contributed by atoms with Gasteiger partial charge in [0.05, 0.1) is 17.8 Å². The molecule has 2 N–H and O–H groups in total. The summed E-state index contributed by atoms with van der Waals surface area (Å²) in [5.41, 5.74) is 0.953. The molecule has 2 amide bonds. The maximum Gasteiger partial charge on any atom is 0.323 e. The van der Waals surface area contributed by atoms with Crippen LogP contribution in [0.25, 0.3) is 0 Å². The van der Waals surface area contributed by atoms with Crippen LogP contribution >= 0.6 is 0 Å². The lowest BCUT2D eigenvalue weighted by molar-refractivity contribution is 0.0469. The average Bonchev–Trinajstić information content (AvgIpc) is 2.86. The number of carbonyl (C=O) groups excluding carboxylic acids is 1. The van der Waals surface area contributed by atoms with E-state index in [1.54, 1.807) is 30.5 Å². The van der Waals surface area contributed by atoms with E-state index in [4.69, 9.17) is 0 Å². The molecule has 6 nitrogen and oxygen atoms in total. The Hall–Kier alpha value is -2.34. The summed E-state index contributed by atoms with van der Waals surface area (Å²) < 4.78 is 1.65. The fourth-order valence-electron chi connectivity index (χ4n) is 2.48. The van der Waals surface area contributed by atoms with Gasteiger partial charge in [0.1, 0.15) is 5.82 Å². The second kappa shape index (κ2) is 7.49. The van der Waals surface area contributed by atoms with E-state index in [0.717, 1.165) is 17.7 Å². The predicted molar refractivity (Wildman–Crippen MR) is 94.8 cm³/mol. The largest absolute Gasteiger partial charge is 0.389 e. The van der Waals surface area contributed by atoms with Crippen LogP contribution in [0.3, 0.4) is 0 Å². The molecular formula is C18H26N4O2. The smallest absolute Gasteiger partial charge is 0.323 e. The van der Waals surface area contributed by atoms with Crippen molar-refractivity contribution < 1.29 is 9.90 Å². The van der Waals surface area contributed by atoms with Gasteiger partial charge in [-0.25, -0.2) is 4.79 Å². The first kappa shape index (κ1) is 18.0.